The van der Waals surface area contributed by atoms with Crippen molar-refractivity contribution in [3.8, 4) is 0 Å². The molecule has 78 valence electrons. The largest absolute Gasteiger partial charge is 0.336 e. The molecule has 1 aromatic carbocycles. The van der Waals surface area contributed by atoms with E-state index in [-0.39, 0.29) is 6.04 Å². The summed E-state index contributed by atoms with van der Waals surface area (Å²) in [5, 5.41) is 0.686. The van der Waals surface area contributed by atoms with Crippen molar-refractivity contribution in [3.63, 3.8) is 0 Å². The lowest BCUT2D eigenvalue weighted by Crippen LogP contribution is -2.15. The van der Waals surface area contributed by atoms with E-state index < -0.39 is 0 Å². The second kappa shape index (κ2) is 4.04. The van der Waals surface area contributed by atoms with Gasteiger partial charge in [-0.05, 0) is 11.6 Å². The van der Waals surface area contributed by atoms with Crippen LogP contribution in [0, 0.1) is 0 Å². The van der Waals surface area contributed by atoms with Crippen LogP contribution in [0.15, 0.2) is 36.8 Å². The highest BCUT2D eigenvalue weighted by atomic mass is 35.5. The molecule has 0 saturated heterocycles. The summed E-state index contributed by atoms with van der Waals surface area (Å²) in [6.45, 7) is 0. The Morgan fingerprint density at radius 2 is 2.13 bits per heavy atom. The molecule has 0 spiro atoms. The highest BCUT2D eigenvalue weighted by Crippen LogP contribution is 2.25. The molecule has 0 aliphatic rings. The van der Waals surface area contributed by atoms with Crippen molar-refractivity contribution in [2.75, 3.05) is 0 Å². The molecule has 0 bridgehead atoms. The fourth-order valence-electron chi connectivity index (χ4n) is 1.55. The molecule has 0 amide bonds. The lowest BCUT2D eigenvalue weighted by Gasteiger charge is -2.13. The molecule has 0 saturated carbocycles. The number of imidazole rings is 1. The molecule has 1 heterocycles. The van der Waals surface area contributed by atoms with Gasteiger partial charge in [0.25, 0.3) is 0 Å². The fraction of sp³-hybridized carbons (Fsp3) is 0.182. The van der Waals surface area contributed by atoms with Crippen molar-refractivity contribution in [3.05, 3.63) is 53.1 Å². The van der Waals surface area contributed by atoms with E-state index in [1.807, 2.05) is 35.9 Å². The van der Waals surface area contributed by atoms with Gasteiger partial charge in [0.1, 0.15) is 0 Å². The zero-order valence-electron chi connectivity index (χ0n) is 8.39. The van der Waals surface area contributed by atoms with E-state index in [9.17, 15) is 0 Å². The Bertz CT molecular complexity index is 464. The SMILES string of the molecule is Cn1cncc1C(N)c1ccccc1Cl. The van der Waals surface area contributed by atoms with Gasteiger partial charge in [-0.1, -0.05) is 29.8 Å². The van der Waals surface area contributed by atoms with Gasteiger partial charge in [0.15, 0.2) is 0 Å². The minimum Gasteiger partial charge on any atom is -0.336 e. The number of rotatable bonds is 2. The minimum absolute atomic E-state index is 0.230. The van der Waals surface area contributed by atoms with Crippen molar-refractivity contribution >= 4 is 11.6 Å². The number of halogens is 1. The predicted molar refractivity (Wildman–Crippen MR) is 60.7 cm³/mol. The first-order valence-electron chi connectivity index (χ1n) is 4.66. The van der Waals surface area contributed by atoms with Crippen molar-refractivity contribution < 1.29 is 0 Å². The second-order valence-corrected chi connectivity index (χ2v) is 3.84. The van der Waals surface area contributed by atoms with Crippen LogP contribution >= 0.6 is 11.6 Å². The zero-order chi connectivity index (χ0) is 10.8. The first kappa shape index (κ1) is 10.2. The average molecular weight is 222 g/mol. The minimum atomic E-state index is -0.230. The van der Waals surface area contributed by atoms with Gasteiger partial charge in [-0.25, -0.2) is 4.98 Å². The Morgan fingerprint density at radius 3 is 2.73 bits per heavy atom. The van der Waals surface area contributed by atoms with Gasteiger partial charge in [0, 0.05) is 12.1 Å². The summed E-state index contributed by atoms with van der Waals surface area (Å²) in [6.07, 6.45) is 3.49. The van der Waals surface area contributed by atoms with Crippen LogP contribution in [0.25, 0.3) is 0 Å². The lowest BCUT2D eigenvalue weighted by molar-refractivity contribution is 0.746. The van der Waals surface area contributed by atoms with Crippen LogP contribution in [0.3, 0.4) is 0 Å². The third kappa shape index (κ3) is 1.89. The summed E-state index contributed by atoms with van der Waals surface area (Å²) in [5.74, 6) is 0. The Hall–Kier alpha value is -1.32. The number of hydrogen-bond donors (Lipinski definition) is 1. The molecule has 4 heteroatoms. The summed E-state index contributed by atoms with van der Waals surface area (Å²) < 4.78 is 1.90. The molecule has 0 fully saturated rings. The molecule has 0 aliphatic carbocycles. The normalized spacial score (nSPS) is 12.7. The van der Waals surface area contributed by atoms with Crippen LogP contribution in [0.2, 0.25) is 5.02 Å². The van der Waals surface area contributed by atoms with E-state index in [4.69, 9.17) is 17.3 Å². The number of hydrogen-bond acceptors (Lipinski definition) is 2. The Kier molecular flexibility index (Phi) is 2.75. The van der Waals surface area contributed by atoms with E-state index in [2.05, 4.69) is 4.98 Å². The van der Waals surface area contributed by atoms with Gasteiger partial charge in [0.05, 0.1) is 24.3 Å². The summed E-state index contributed by atoms with van der Waals surface area (Å²) in [6, 6.07) is 7.36. The van der Waals surface area contributed by atoms with E-state index in [0.717, 1.165) is 11.3 Å². The topological polar surface area (TPSA) is 43.8 Å². The van der Waals surface area contributed by atoms with Gasteiger partial charge >= 0.3 is 0 Å². The maximum atomic E-state index is 6.12. The van der Waals surface area contributed by atoms with Crippen LogP contribution < -0.4 is 5.73 Å². The van der Waals surface area contributed by atoms with Crippen molar-refractivity contribution in [2.24, 2.45) is 12.8 Å². The van der Waals surface area contributed by atoms with Crippen LogP contribution in [-0.2, 0) is 7.05 Å². The van der Waals surface area contributed by atoms with Gasteiger partial charge < -0.3 is 10.3 Å². The highest BCUT2D eigenvalue weighted by Gasteiger charge is 2.14. The summed E-state index contributed by atoms with van der Waals surface area (Å²) in [4.78, 5) is 4.04. The number of nitrogens with zero attached hydrogens (tertiary/aromatic N) is 2. The van der Waals surface area contributed by atoms with Crippen LogP contribution in [0.4, 0.5) is 0 Å². The standard InChI is InChI=1S/C11H12ClN3/c1-15-7-14-6-10(15)11(13)8-4-2-3-5-9(8)12/h2-7,11H,13H2,1H3. The molecule has 1 aromatic heterocycles. The summed E-state index contributed by atoms with van der Waals surface area (Å²) >= 11 is 6.08. The maximum Gasteiger partial charge on any atom is 0.0946 e. The molecule has 2 rings (SSSR count). The monoisotopic (exact) mass is 221 g/mol. The van der Waals surface area contributed by atoms with Gasteiger partial charge in [-0.15, -0.1) is 0 Å². The number of aromatic nitrogens is 2. The van der Waals surface area contributed by atoms with Crippen LogP contribution in [0.5, 0.6) is 0 Å². The summed E-state index contributed by atoms with van der Waals surface area (Å²) in [7, 11) is 1.92. The number of nitrogens with two attached hydrogens (primary N) is 1. The van der Waals surface area contributed by atoms with Crippen molar-refractivity contribution in [2.45, 2.75) is 6.04 Å². The van der Waals surface area contributed by atoms with E-state index in [1.165, 1.54) is 0 Å². The first-order chi connectivity index (χ1) is 7.20. The van der Waals surface area contributed by atoms with Gasteiger partial charge in [-0.3, -0.25) is 0 Å². The van der Waals surface area contributed by atoms with Gasteiger partial charge in [-0.2, -0.15) is 0 Å². The molecule has 2 N–H and O–H groups in total. The number of benzene rings is 1. The van der Waals surface area contributed by atoms with Crippen LogP contribution in [-0.4, -0.2) is 9.55 Å². The maximum absolute atomic E-state index is 6.12. The quantitative estimate of drug-likeness (QED) is 0.844. The Morgan fingerprint density at radius 1 is 1.40 bits per heavy atom. The second-order valence-electron chi connectivity index (χ2n) is 3.43. The fourth-order valence-corrected chi connectivity index (χ4v) is 1.81. The molecule has 15 heavy (non-hydrogen) atoms. The Balaban J connectivity index is 2.41. The van der Waals surface area contributed by atoms with Crippen molar-refractivity contribution in [1.29, 1.82) is 0 Å². The summed E-state index contributed by atoms with van der Waals surface area (Å²) in [5.41, 5.74) is 7.98. The zero-order valence-corrected chi connectivity index (χ0v) is 9.15. The lowest BCUT2D eigenvalue weighted by atomic mass is 10.1. The molecule has 0 aliphatic heterocycles. The highest BCUT2D eigenvalue weighted by molar-refractivity contribution is 6.31. The van der Waals surface area contributed by atoms with Gasteiger partial charge in [0.2, 0.25) is 0 Å². The van der Waals surface area contributed by atoms with E-state index in [1.54, 1.807) is 12.5 Å². The Labute approximate surface area is 93.5 Å². The molecule has 1 atom stereocenters. The smallest absolute Gasteiger partial charge is 0.0946 e. The molecule has 3 nitrogen and oxygen atoms in total. The van der Waals surface area contributed by atoms with Crippen LogP contribution in [0.1, 0.15) is 17.3 Å². The molecule has 1 unspecified atom stereocenters. The number of aryl methyl sites for hydroxylation is 1. The van der Waals surface area contributed by atoms with E-state index >= 15 is 0 Å². The molecule has 0 radical (unpaired) electrons. The molecule has 2 aromatic rings. The average Bonchev–Trinajstić information content (AvgIpc) is 2.64. The van der Waals surface area contributed by atoms with Crippen molar-refractivity contribution in [1.82, 2.24) is 9.55 Å². The third-order valence-corrected chi connectivity index (χ3v) is 2.76. The first-order valence-corrected chi connectivity index (χ1v) is 5.04. The predicted octanol–water partition coefficient (Wildman–Crippen LogP) is 2.12. The van der Waals surface area contributed by atoms with E-state index in [0.29, 0.717) is 5.02 Å². The molecular formula is C11H12ClN3. The third-order valence-electron chi connectivity index (χ3n) is 2.41. The molecular weight excluding hydrogens is 210 g/mol.